The molecule has 2 aromatic rings. The van der Waals surface area contributed by atoms with Crippen LogP contribution in [-0.4, -0.2) is 21.6 Å². The van der Waals surface area contributed by atoms with Gasteiger partial charge >= 0.3 is 0 Å². The summed E-state index contributed by atoms with van der Waals surface area (Å²) in [4.78, 5) is 4.59. The number of rotatable bonds is 4. The van der Waals surface area contributed by atoms with E-state index < -0.39 is 0 Å². The molecule has 0 spiro atoms. The van der Waals surface area contributed by atoms with Crippen LogP contribution in [0, 0.1) is 0 Å². The zero-order chi connectivity index (χ0) is 11.5. The van der Waals surface area contributed by atoms with Crippen LogP contribution in [0.2, 0.25) is 0 Å². The molecular weight excluding hydrogens is 218 g/mol. The maximum Gasteiger partial charge on any atom is 0.126 e. The lowest BCUT2D eigenvalue weighted by atomic mass is 10.2. The number of nitrogens with zero attached hydrogens (tertiary/aromatic N) is 2. The van der Waals surface area contributed by atoms with E-state index in [4.69, 9.17) is 5.73 Å². The molecule has 0 aliphatic heterocycles. The van der Waals surface area contributed by atoms with Gasteiger partial charge in [0, 0.05) is 7.05 Å². The van der Waals surface area contributed by atoms with Gasteiger partial charge in [0.15, 0.2) is 0 Å². The van der Waals surface area contributed by atoms with Crippen LogP contribution in [0.1, 0.15) is 18.3 Å². The summed E-state index contributed by atoms with van der Waals surface area (Å²) < 4.78 is 2.10. The number of hydrogen-bond acceptors (Lipinski definition) is 3. The SMILES string of the molecule is CSCC[C@H](N)c1nc2ccccc2n1C. The summed E-state index contributed by atoms with van der Waals surface area (Å²) in [6, 6.07) is 8.17. The van der Waals surface area contributed by atoms with Crippen LogP contribution in [0.15, 0.2) is 24.3 Å². The van der Waals surface area contributed by atoms with Gasteiger partial charge in [-0.15, -0.1) is 0 Å². The molecule has 0 saturated carbocycles. The first-order chi connectivity index (χ1) is 7.74. The molecule has 0 bridgehead atoms. The lowest BCUT2D eigenvalue weighted by Crippen LogP contribution is -2.16. The average Bonchev–Trinajstić information content (AvgIpc) is 2.64. The smallest absolute Gasteiger partial charge is 0.126 e. The average molecular weight is 235 g/mol. The molecule has 2 N–H and O–H groups in total. The van der Waals surface area contributed by atoms with E-state index in [1.165, 1.54) is 0 Å². The molecule has 0 radical (unpaired) electrons. The van der Waals surface area contributed by atoms with Crippen molar-refractivity contribution in [1.29, 1.82) is 0 Å². The normalized spacial score (nSPS) is 13.2. The maximum atomic E-state index is 6.15. The molecule has 0 aliphatic rings. The predicted molar refractivity (Wildman–Crippen MR) is 70.6 cm³/mol. The number of aryl methyl sites for hydroxylation is 1. The molecule has 1 heterocycles. The fourth-order valence-corrected chi connectivity index (χ4v) is 2.36. The van der Waals surface area contributed by atoms with Gasteiger partial charge in [0.1, 0.15) is 5.82 Å². The summed E-state index contributed by atoms with van der Waals surface area (Å²) in [5, 5.41) is 0. The van der Waals surface area contributed by atoms with E-state index in [0.717, 1.165) is 29.0 Å². The second-order valence-corrected chi connectivity index (χ2v) is 4.89. The van der Waals surface area contributed by atoms with E-state index in [1.807, 2.05) is 37.0 Å². The summed E-state index contributed by atoms with van der Waals surface area (Å²) >= 11 is 1.82. The van der Waals surface area contributed by atoms with Gasteiger partial charge < -0.3 is 10.3 Å². The summed E-state index contributed by atoms with van der Waals surface area (Å²) in [5.74, 6) is 2.06. The van der Waals surface area contributed by atoms with Crippen molar-refractivity contribution >= 4 is 22.8 Å². The first-order valence-electron chi connectivity index (χ1n) is 5.40. The van der Waals surface area contributed by atoms with Crippen molar-refractivity contribution in [2.45, 2.75) is 12.5 Å². The maximum absolute atomic E-state index is 6.15. The van der Waals surface area contributed by atoms with Crippen LogP contribution in [0.3, 0.4) is 0 Å². The van der Waals surface area contributed by atoms with Gasteiger partial charge in [-0.2, -0.15) is 11.8 Å². The van der Waals surface area contributed by atoms with Crippen molar-refractivity contribution in [3.63, 3.8) is 0 Å². The van der Waals surface area contributed by atoms with Crippen LogP contribution in [0.4, 0.5) is 0 Å². The van der Waals surface area contributed by atoms with Crippen molar-refractivity contribution in [1.82, 2.24) is 9.55 Å². The number of fused-ring (bicyclic) bond motifs is 1. The number of aromatic nitrogens is 2. The van der Waals surface area contributed by atoms with Crippen LogP contribution in [0.25, 0.3) is 11.0 Å². The fraction of sp³-hybridized carbons (Fsp3) is 0.417. The third kappa shape index (κ3) is 2.08. The van der Waals surface area contributed by atoms with E-state index >= 15 is 0 Å². The molecule has 4 heteroatoms. The van der Waals surface area contributed by atoms with E-state index in [9.17, 15) is 0 Å². The molecule has 0 unspecified atom stereocenters. The molecule has 16 heavy (non-hydrogen) atoms. The Labute approximate surface area is 100 Å². The highest BCUT2D eigenvalue weighted by Crippen LogP contribution is 2.20. The van der Waals surface area contributed by atoms with E-state index in [0.29, 0.717) is 0 Å². The number of thioether (sulfide) groups is 1. The molecule has 1 aromatic heterocycles. The standard InChI is InChI=1S/C12H17N3S/c1-15-11-6-4-3-5-10(11)14-12(15)9(13)7-8-16-2/h3-6,9H,7-8,13H2,1-2H3/t9-/m0/s1. The molecule has 0 aliphatic carbocycles. The second kappa shape index (κ2) is 4.89. The highest BCUT2D eigenvalue weighted by atomic mass is 32.2. The lowest BCUT2D eigenvalue weighted by molar-refractivity contribution is 0.628. The predicted octanol–water partition coefficient (Wildman–Crippen LogP) is 2.33. The third-order valence-electron chi connectivity index (χ3n) is 2.79. The Morgan fingerprint density at radius 1 is 1.44 bits per heavy atom. The van der Waals surface area contributed by atoms with Gasteiger partial charge in [-0.05, 0) is 30.6 Å². The minimum absolute atomic E-state index is 0.0323. The van der Waals surface area contributed by atoms with Gasteiger partial charge in [0.25, 0.3) is 0 Å². The first-order valence-corrected chi connectivity index (χ1v) is 6.79. The van der Waals surface area contributed by atoms with E-state index in [1.54, 1.807) is 0 Å². The van der Waals surface area contributed by atoms with Crippen LogP contribution in [-0.2, 0) is 7.05 Å². The summed E-state index contributed by atoms with van der Waals surface area (Å²) in [5.41, 5.74) is 8.33. The van der Waals surface area contributed by atoms with E-state index in [-0.39, 0.29) is 6.04 Å². The molecular formula is C12H17N3S. The van der Waals surface area contributed by atoms with Crippen molar-refractivity contribution in [2.24, 2.45) is 12.8 Å². The molecule has 86 valence electrons. The zero-order valence-corrected chi connectivity index (χ0v) is 10.5. The zero-order valence-electron chi connectivity index (χ0n) is 9.68. The second-order valence-electron chi connectivity index (χ2n) is 3.91. The summed E-state index contributed by atoms with van der Waals surface area (Å²) in [6.07, 6.45) is 3.07. The third-order valence-corrected chi connectivity index (χ3v) is 3.43. The van der Waals surface area contributed by atoms with Crippen molar-refractivity contribution < 1.29 is 0 Å². The van der Waals surface area contributed by atoms with Crippen molar-refractivity contribution in [3.8, 4) is 0 Å². The Morgan fingerprint density at radius 3 is 2.88 bits per heavy atom. The number of hydrogen-bond donors (Lipinski definition) is 1. The number of para-hydroxylation sites is 2. The molecule has 1 aromatic carbocycles. The van der Waals surface area contributed by atoms with Gasteiger partial charge in [-0.3, -0.25) is 0 Å². The summed E-state index contributed by atoms with van der Waals surface area (Å²) in [6.45, 7) is 0. The lowest BCUT2D eigenvalue weighted by Gasteiger charge is -2.10. The molecule has 0 saturated heterocycles. The van der Waals surface area contributed by atoms with Gasteiger partial charge in [0.2, 0.25) is 0 Å². The van der Waals surface area contributed by atoms with Gasteiger partial charge in [-0.1, -0.05) is 12.1 Å². The van der Waals surface area contributed by atoms with Gasteiger partial charge in [-0.25, -0.2) is 4.98 Å². The molecule has 2 rings (SSSR count). The Bertz CT molecular complexity index is 478. The monoisotopic (exact) mass is 235 g/mol. The Hall–Kier alpha value is -1.00. The van der Waals surface area contributed by atoms with Crippen LogP contribution >= 0.6 is 11.8 Å². The Morgan fingerprint density at radius 2 is 2.19 bits per heavy atom. The van der Waals surface area contributed by atoms with Crippen LogP contribution < -0.4 is 5.73 Å². The quantitative estimate of drug-likeness (QED) is 0.884. The fourth-order valence-electron chi connectivity index (χ4n) is 1.87. The molecule has 0 amide bonds. The Kier molecular flexibility index (Phi) is 3.51. The number of benzene rings is 1. The number of nitrogens with two attached hydrogens (primary N) is 1. The van der Waals surface area contributed by atoms with E-state index in [2.05, 4.69) is 21.9 Å². The Balaban J connectivity index is 2.33. The highest BCUT2D eigenvalue weighted by molar-refractivity contribution is 7.98. The van der Waals surface area contributed by atoms with Crippen molar-refractivity contribution in [2.75, 3.05) is 12.0 Å². The minimum Gasteiger partial charge on any atom is -0.330 e. The van der Waals surface area contributed by atoms with Gasteiger partial charge in [0.05, 0.1) is 17.1 Å². The first kappa shape index (κ1) is 11.5. The topological polar surface area (TPSA) is 43.8 Å². The summed E-state index contributed by atoms with van der Waals surface area (Å²) in [7, 11) is 2.03. The molecule has 0 fully saturated rings. The van der Waals surface area contributed by atoms with Crippen molar-refractivity contribution in [3.05, 3.63) is 30.1 Å². The van der Waals surface area contributed by atoms with Crippen LogP contribution in [0.5, 0.6) is 0 Å². The minimum atomic E-state index is 0.0323. The largest absolute Gasteiger partial charge is 0.330 e. The number of imidazole rings is 1. The molecule has 3 nitrogen and oxygen atoms in total. The highest BCUT2D eigenvalue weighted by Gasteiger charge is 2.13. The molecule has 1 atom stereocenters.